The maximum Gasteiger partial charge on any atom is 0.338 e. The molecule has 0 fully saturated rings. The van der Waals surface area contributed by atoms with Crippen molar-refractivity contribution in [2.24, 2.45) is 4.99 Å². The van der Waals surface area contributed by atoms with Crippen LogP contribution in [0, 0.1) is 0 Å². The van der Waals surface area contributed by atoms with Crippen molar-refractivity contribution in [2.45, 2.75) is 52.7 Å². The number of rotatable bonds is 9. The molecule has 1 aliphatic rings. The number of ether oxygens (including phenoxy) is 3. The fourth-order valence-electron chi connectivity index (χ4n) is 4.30. The summed E-state index contributed by atoms with van der Waals surface area (Å²) in [6.07, 6.45) is 3.23. The van der Waals surface area contributed by atoms with Crippen LogP contribution in [-0.4, -0.2) is 30.4 Å². The van der Waals surface area contributed by atoms with Gasteiger partial charge in [-0.25, -0.2) is 9.79 Å². The SMILES string of the molecule is CCOc1cc(/C=c2/sc3n(c2=O)[C@@H](c2ccccc2)C(C(=O)OC)=C(CC)N=3)cc(Br)c1O[C@H](C)CC. The quantitative estimate of drug-likeness (QED) is 0.319. The van der Waals surface area contributed by atoms with Crippen molar-refractivity contribution < 1.29 is 19.0 Å². The number of fused-ring (bicyclic) bond motifs is 1. The number of methoxy groups -OCH3 is 1. The van der Waals surface area contributed by atoms with Crippen LogP contribution in [0.3, 0.4) is 0 Å². The summed E-state index contributed by atoms with van der Waals surface area (Å²) in [5.41, 5.74) is 2.36. The highest BCUT2D eigenvalue weighted by atomic mass is 79.9. The van der Waals surface area contributed by atoms with Gasteiger partial charge in [-0.05, 0) is 72.0 Å². The third-order valence-corrected chi connectivity index (χ3v) is 7.86. The second-order valence-electron chi connectivity index (χ2n) is 8.80. The summed E-state index contributed by atoms with van der Waals surface area (Å²) in [6.45, 7) is 8.40. The number of hydrogen-bond acceptors (Lipinski definition) is 7. The predicted molar refractivity (Wildman–Crippen MR) is 153 cm³/mol. The molecule has 3 aromatic rings. The minimum Gasteiger partial charge on any atom is -0.490 e. The summed E-state index contributed by atoms with van der Waals surface area (Å²) in [7, 11) is 1.35. The van der Waals surface area contributed by atoms with Crippen LogP contribution in [0.1, 0.15) is 57.7 Å². The first-order valence-corrected chi connectivity index (χ1v) is 14.2. The Morgan fingerprint density at radius 2 is 1.95 bits per heavy atom. The zero-order valence-electron chi connectivity index (χ0n) is 22.1. The first-order valence-electron chi connectivity index (χ1n) is 12.6. The van der Waals surface area contributed by atoms with E-state index in [0.717, 1.165) is 22.0 Å². The van der Waals surface area contributed by atoms with Gasteiger partial charge in [-0.15, -0.1) is 0 Å². The minimum atomic E-state index is -0.631. The van der Waals surface area contributed by atoms with Crippen molar-refractivity contribution in [3.8, 4) is 11.5 Å². The van der Waals surface area contributed by atoms with E-state index in [2.05, 4.69) is 22.9 Å². The van der Waals surface area contributed by atoms with Crippen LogP contribution in [0.4, 0.5) is 0 Å². The van der Waals surface area contributed by atoms with Crippen LogP contribution in [0.2, 0.25) is 0 Å². The Kier molecular flexibility index (Phi) is 8.89. The molecule has 4 rings (SSSR count). The fraction of sp³-hybridized carbons (Fsp3) is 0.345. The molecule has 0 aliphatic carbocycles. The van der Waals surface area contributed by atoms with Crippen molar-refractivity contribution in [1.82, 2.24) is 4.57 Å². The van der Waals surface area contributed by atoms with E-state index < -0.39 is 12.0 Å². The number of thiazole rings is 1. The summed E-state index contributed by atoms with van der Waals surface area (Å²) in [5, 5.41) is 0. The van der Waals surface area contributed by atoms with Gasteiger partial charge in [0.15, 0.2) is 16.3 Å². The topological polar surface area (TPSA) is 79.1 Å². The smallest absolute Gasteiger partial charge is 0.338 e. The highest BCUT2D eigenvalue weighted by Crippen LogP contribution is 2.38. The summed E-state index contributed by atoms with van der Waals surface area (Å²) in [4.78, 5) is 32.0. The van der Waals surface area contributed by atoms with Crippen LogP contribution in [0.15, 0.2) is 68.0 Å². The lowest BCUT2D eigenvalue weighted by Gasteiger charge is -2.25. The lowest BCUT2D eigenvalue weighted by molar-refractivity contribution is -0.136. The lowest BCUT2D eigenvalue weighted by Crippen LogP contribution is -2.40. The van der Waals surface area contributed by atoms with E-state index in [1.807, 2.05) is 69.3 Å². The molecule has 1 aliphatic heterocycles. The first-order chi connectivity index (χ1) is 18.3. The third-order valence-electron chi connectivity index (χ3n) is 6.29. The van der Waals surface area contributed by atoms with E-state index in [1.54, 1.807) is 4.57 Å². The molecule has 0 radical (unpaired) electrons. The van der Waals surface area contributed by atoms with Crippen molar-refractivity contribution in [3.63, 3.8) is 0 Å². The van der Waals surface area contributed by atoms with Gasteiger partial charge in [0.2, 0.25) is 0 Å². The number of carbonyl (C=O) groups is 1. The molecule has 38 heavy (non-hydrogen) atoms. The molecule has 1 aromatic heterocycles. The Bertz CT molecular complexity index is 1540. The van der Waals surface area contributed by atoms with Gasteiger partial charge < -0.3 is 14.2 Å². The van der Waals surface area contributed by atoms with Crippen LogP contribution in [0.5, 0.6) is 11.5 Å². The minimum absolute atomic E-state index is 0.0230. The number of esters is 1. The van der Waals surface area contributed by atoms with Crippen LogP contribution < -0.4 is 24.4 Å². The average Bonchev–Trinajstić information content (AvgIpc) is 3.23. The van der Waals surface area contributed by atoms with Gasteiger partial charge in [-0.1, -0.05) is 55.5 Å². The van der Waals surface area contributed by atoms with E-state index in [4.69, 9.17) is 19.2 Å². The van der Waals surface area contributed by atoms with Crippen LogP contribution >= 0.6 is 27.3 Å². The Hall–Kier alpha value is -3.17. The Balaban J connectivity index is 1.91. The van der Waals surface area contributed by atoms with Gasteiger partial charge in [0.1, 0.15) is 0 Å². The van der Waals surface area contributed by atoms with E-state index in [0.29, 0.717) is 45.1 Å². The highest BCUT2D eigenvalue weighted by molar-refractivity contribution is 9.10. The van der Waals surface area contributed by atoms with E-state index in [1.165, 1.54) is 18.4 Å². The summed E-state index contributed by atoms with van der Waals surface area (Å²) in [5.74, 6) is 0.750. The summed E-state index contributed by atoms with van der Waals surface area (Å²) < 4.78 is 19.9. The molecule has 0 saturated heterocycles. The number of benzene rings is 2. The molecule has 200 valence electrons. The Morgan fingerprint density at radius 3 is 2.58 bits per heavy atom. The number of allylic oxidation sites excluding steroid dienone is 1. The van der Waals surface area contributed by atoms with Gasteiger partial charge in [-0.2, -0.15) is 0 Å². The molecular formula is C29H31BrN2O5S. The van der Waals surface area contributed by atoms with Crippen molar-refractivity contribution in [2.75, 3.05) is 13.7 Å². The second kappa shape index (κ2) is 12.1. The first kappa shape index (κ1) is 27.9. The van der Waals surface area contributed by atoms with Gasteiger partial charge in [0, 0.05) is 0 Å². The number of aromatic nitrogens is 1. The van der Waals surface area contributed by atoms with E-state index >= 15 is 0 Å². The molecule has 0 N–H and O–H groups in total. The molecule has 0 saturated carbocycles. The highest BCUT2D eigenvalue weighted by Gasteiger charge is 2.33. The maximum absolute atomic E-state index is 13.8. The Morgan fingerprint density at radius 1 is 1.21 bits per heavy atom. The molecule has 2 atom stereocenters. The fourth-order valence-corrected chi connectivity index (χ4v) is 5.87. The molecule has 9 heteroatoms. The molecular weight excluding hydrogens is 568 g/mol. The standard InChI is InChI=1S/C29H31BrN2O5S/c1-6-17(4)37-26-20(30)14-18(15-22(26)36-8-3)16-23-27(33)32-25(19-12-10-9-11-13-19)24(28(34)35-5)21(7-2)31-29(32)38-23/h9-17,25H,6-8H2,1-5H3/b23-16+/t17-,25+/m1/s1. The van der Waals surface area contributed by atoms with E-state index in [9.17, 15) is 9.59 Å². The zero-order chi connectivity index (χ0) is 27.4. The van der Waals surface area contributed by atoms with Crippen LogP contribution in [0.25, 0.3) is 6.08 Å². The van der Waals surface area contributed by atoms with Gasteiger partial charge in [-0.3, -0.25) is 9.36 Å². The number of carbonyl (C=O) groups excluding carboxylic acids is 1. The van der Waals surface area contributed by atoms with Crippen molar-refractivity contribution >= 4 is 39.3 Å². The predicted octanol–water partition coefficient (Wildman–Crippen LogP) is 5.14. The normalized spacial score (nSPS) is 16.1. The third kappa shape index (κ3) is 5.49. The molecule has 2 aromatic carbocycles. The summed E-state index contributed by atoms with van der Waals surface area (Å²) in [6, 6.07) is 12.6. The number of halogens is 1. The number of hydrogen-bond donors (Lipinski definition) is 0. The monoisotopic (exact) mass is 598 g/mol. The largest absolute Gasteiger partial charge is 0.490 e. The van der Waals surface area contributed by atoms with E-state index in [-0.39, 0.29) is 11.7 Å². The van der Waals surface area contributed by atoms with Gasteiger partial charge >= 0.3 is 5.97 Å². The summed E-state index contributed by atoms with van der Waals surface area (Å²) >= 11 is 4.92. The van der Waals surface area contributed by atoms with Gasteiger partial charge in [0.05, 0.1) is 46.1 Å². The molecule has 0 unspecified atom stereocenters. The molecule has 0 bridgehead atoms. The Labute approximate surface area is 234 Å². The zero-order valence-corrected chi connectivity index (χ0v) is 24.5. The van der Waals surface area contributed by atoms with Gasteiger partial charge in [0.25, 0.3) is 5.56 Å². The number of nitrogens with zero attached hydrogens (tertiary/aromatic N) is 2. The lowest BCUT2D eigenvalue weighted by atomic mass is 9.95. The molecule has 0 amide bonds. The van der Waals surface area contributed by atoms with Crippen molar-refractivity contribution in [1.29, 1.82) is 0 Å². The van der Waals surface area contributed by atoms with Crippen LogP contribution in [-0.2, 0) is 9.53 Å². The second-order valence-corrected chi connectivity index (χ2v) is 10.7. The maximum atomic E-state index is 13.8. The molecule has 7 nitrogen and oxygen atoms in total. The molecule has 0 spiro atoms. The van der Waals surface area contributed by atoms with Crippen molar-refractivity contribution in [3.05, 3.63) is 89.0 Å². The average molecular weight is 600 g/mol. The molecule has 2 heterocycles.